The van der Waals surface area contributed by atoms with E-state index in [1.807, 2.05) is 0 Å². The van der Waals surface area contributed by atoms with Crippen molar-refractivity contribution in [3.05, 3.63) is 11.8 Å². The number of carboxylic acids is 1. The van der Waals surface area contributed by atoms with Crippen LogP contribution >= 0.6 is 0 Å². The van der Waals surface area contributed by atoms with Crippen molar-refractivity contribution in [2.45, 2.75) is 19.4 Å². The minimum atomic E-state index is -1.02. The first kappa shape index (κ1) is 7.78. The molecule has 1 unspecified atom stereocenters. The standard InChI is InChI=1S/C7H8O4/c1-4-2-5(8)6(11-4)3-7(9)10/h2,6H,3H2,1H3,(H,9,10). The van der Waals surface area contributed by atoms with Gasteiger partial charge in [0.05, 0.1) is 12.2 Å². The first-order chi connectivity index (χ1) is 5.09. The largest absolute Gasteiger partial charge is 0.486 e. The highest BCUT2D eigenvalue weighted by atomic mass is 16.5. The SMILES string of the molecule is CC1=CC(=O)C(CC(=O)O)O1. The van der Waals surface area contributed by atoms with Crippen LogP contribution in [0.15, 0.2) is 11.8 Å². The second-order valence-electron chi connectivity index (χ2n) is 2.36. The quantitative estimate of drug-likeness (QED) is 0.625. The molecule has 0 fully saturated rings. The first-order valence-electron chi connectivity index (χ1n) is 3.20. The van der Waals surface area contributed by atoms with Crippen molar-refractivity contribution in [1.82, 2.24) is 0 Å². The van der Waals surface area contributed by atoms with E-state index in [0.717, 1.165) is 0 Å². The maximum atomic E-state index is 10.9. The van der Waals surface area contributed by atoms with Crippen LogP contribution in [0.4, 0.5) is 0 Å². The molecule has 0 saturated carbocycles. The molecule has 4 heteroatoms. The molecule has 1 heterocycles. The number of ketones is 1. The van der Waals surface area contributed by atoms with Crippen LogP contribution in [0, 0.1) is 0 Å². The lowest BCUT2D eigenvalue weighted by atomic mass is 10.2. The molecule has 1 N–H and O–H groups in total. The summed E-state index contributed by atoms with van der Waals surface area (Å²) >= 11 is 0. The maximum Gasteiger partial charge on any atom is 0.307 e. The van der Waals surface area contributed by atoms with Crippen molar-refractivity contribution in [2.75, 3.05) is 0 Å². The Morgan fingerprint density at radius 2 is 2.45 bits per heavy atom. The molecule has 0 aromatic heterocycles. The minimum Gasteiger partial charge on any atom is -0.486 e. The Labute approximate surface area is 63.5 Å². The lowest BCUT2D eigenvalue weighted by Crippen LogP contribution is -2.20. The Kier molecular flexibility index (Phi) is 1.94. The van der Waals surface area contributed by atoms with E-state index in [2.05, 4.69) is 0 Å². The van der Waals surface area contributed by atoms with Crippen LogP contribution in [0.1, 0.15) is 13.3 Å². The highest BCUT2D eigenvalue weighted by Gasteiger charge is 2.26. The van der Waals surface area contributed by atoms with Crippen LogP contribution in [-0.2, 0) is 14.3 Å². The number of rotatable bonds is 2. The molecule has 1 aliphatic heterocycles. The average Bonchev–Trinajstić information content (AvgIpc) is 2.09. The topological polar surface area (TPSA) is 63.6 Å². The Morgan fingerprint density at radius 3 is 2.82 bits per heavy atom. The summed E-state index contributed by atoms with van der Waals surface area (Å²) in [6.45, 7) is 1.62. The molecule has 0 spiro atoms. The Morgan fingerprint density at radius 1 is 1.82 bits per heavy atom. The van der Waals surface area contributed by atoms with Gasteiger partial charge in [-0.05, 0) is 6.92 Å². The van der Waals surface area contributed by atoms with Crippen LogP contribution in [-0.4, -0.2) is 23.0 Å². The van der Waals surface area contributed by atoms with Gasteiger partial charge in [-0.15, -0.1) is 0 Å². The molecule has 0 aromatic carbocycles. The number of allylic oxidation sites excluding steroid dienone is 1. The van der Waals surface area contributed by atoms with Crippen molar-refractivity contribution in [2.24, 2.45) is 0 Å². The van der Waals surface area contributed by atoms with Crippen LogP contribution in [0.25, 0.3) is 0 Å². The summed E-state index contributed by atoms with van der Waals surface area (Å²) in [4.78, 5) is 21.0. The first-order valence-corrected chi connectivity index (χ1v) is 3.20. The fourth-order valence-corrected chi connectivity index (χ4v) is 0.911. The minimum absolute atomic E-state index is 0.257. The molecule has 1 aliphatic rings. The number of carbonyl (C=O) groups is 2. The summed E-state index contributed by atoms with van der Waals surface area (Å²) in [7, 11) is 0. The zero-order chi connectivity index (χ0) is 8.43. The van der Waals surface area contributed by atoms with E-state index in [1.165, 1.54) is 6.08 Å². The van der Waals surface area contributed by atoms with Crippen molar-refractivity contribution in [3.63, 3.8) is 0 Å². The van der Waals surface area contributed by atoms with E-state index in [0.29, 0.717) is 5.76 Å². The van der Waals surface area contributed by atoms with Gasteiger partial charge < -0.3 is 9.84 Å². The summed E-state index contributed by atoms with van der Waals surface area (Å²) in [6.07, 6.45) is 0.257. The number of aliphatic carboxylic acids is 1. The number of carbonyl (C=O) groups excluding carboxylic acids is 1. The lowest BCUT2D eigenvalue weighted by Gasteiger charge is -2.06. The van der Waals surface area contributed by atoms with E-state index in [9.17, 15) is 9.59 Å². The van der Waals surface area contributed by atoms with Crippen molar-refractivity contribution >= 4 is 11.8 Å². The highest BCUT2D eigenvalue weighted by molar-refractivity contribution is 5.97. The molecule has 0 amide bonds. The number of hydrogen-bond donors (Lipinski definition) is 1. The zero-order valence-corrected chi connectivity index (χ0v) is 6.03. The van der Waals surface area contributed by atoms with E-state index in [1.54, 1.807) is 6.92 Å². The predicted molar refractivity (Wildman–Crippen MR) is 35.9 cm³/mol. The van der Waals surface area contributed by atoms with Crippen LogP contribution in [0.2, 0.25) is 0 Å². The molecule has 0 aliphatic carbocycles. The van der Waals surface area contributed by atoms with Crippen LogP contribution < -0.4 is 0 Å². The van der Waals surface area contributed by atoms with E-state index in [4.69, 9.17) is 9.84 Å². The summed E-state index contributed by atoms with van der Waals surface area (Å²) < 4.78 is 4.92. The molecule has 0 radical (unpaired) electrons. The summed E-state index contributed by atoms with van der Waals surface area (Å²) in [5, 5.41) is 8.32. The molecule has 1 rings (SSSR count). The third kappa shape index (κ3) is 1.80. The second-order valence-corrected chi connectivity index (χ2v) is 2.36. The average molecular weight is 156 g/mol. The van der Waals surface area contributed by atoms with Gasteiger partial charge in [0.1, 0.15) is 0 Å². The van der Waals surface area contributed by atoms with Crippen molar-refractivity contribution in [3.8, 4) is 0 Å². The van der Waals surface area contributed by atoms with Gasteiger partial charge in [-0.25, -0.2) is 0 Å². The van der Waals surface area contributed by atoms with Gasteiger partial charge in [-0.3, -0.25) is 9.59 Å². The zero-order valence-electron chi connectivity index (χ0n) is 6.03. The molecule has 60 valence electrons. The molecule has 0 bridgehead atoms. The van der Waals surface area contributed by atoms with Crippen LogP contribution in [0.3, 0.4) is 0 Å². The third-order valence-electron chi connectivity index (χ3n) is 1.35. The molecule has 1 atom stereocenters. The van der Waals surface area contributed by atoms with Gasteiger partial charge in [0.25, 0.3) is 0 Å². The van der Waals surface area contributed by atoms with E-state index in [-0.39, 0.29) is 12.2 Å². The van der Waals surface area contributed by atoms with Gasteiger partial charge in [-0.2, -0.15) is 0 Å². The van der Waals surface area contributed by atoms with Crippen molar-refractivity contribution < 1.29 is 19.4 Å². The van der Waals surface area contributed by atoms with Gasteiger partial charge in [0.2, 0.25) is 0 Å². The highest BCUT2D eigenvalue weighted by Crippen LogP contribution is 2.15. The fraction of sp³-hybridized carbons (Fsp3) is 0.429. The monoisotopic (exact) mass is 156 g/mol. The normalized spacial score (nSPS) is 22.8. The Bertz CT molecular complexity index is 229. The molecule has 0 aromatic rings. The Balaban J connectivity index is 2.53. The molecular weight excluding hydrogens is 148 g/mol. The van der Waals surface area contributed by atoms with Gasteiger partial charge in [0, 0.05) is 6.08 Å². The Hall–Kier alpha value is -1.32. The number of ether oxygens (including phenoxy) is 1. The van der Waals surface area contributed by atoms with Gasteiger partial charge in [-0.1, -0.05) is 0 Å². The molecular formula is C7H8O4. The number of carboxylic acid groups (broad SMARTS) is 1. The van der Waals surface area contributed by atoms with E-state index >= 15 is 0 Å². The van der Waals surface area contributed by atoms with Crippen molar-refractivity contribution in [1.29, 1.82) is 0 Å². The fourth-order valence-electron chi connectivity index (χ4n) is 0.911. The summed E-state index contributed by atoms with van der Waals surface area (Å²) in [5.41, 5.74) is 0. The summed E-state index contributed by atoms with van der Waals surface area (Å²) in [5.74, 6) is -0.794. The van der Waals surface area contributed by atoms with E-state index < -0.39 is 12.1 Å². The van der Waals surface area contributed by atoms with Crippen LogP contribution in [0.5, 0.6) is 0 Å². The smallest absolute Gasteiger partial charge is 0.307 e. The maximum absolute atomic E-state index is 10.9. The lowest BCUT2D eigenvalue weighted by molar-refractivity contribution is -0.141. The molecule has 0 saturated heterocycles. The third-order valence-corrected chi connectivity index (χ3v) is 1.35. The van der Waals surface area contributed by atoms with Gasteiger partial charge >= 0.3 is 5.97 Å². The molecule has 11 heavy (non-hydrogen) atoms. The second kappa shape index (κ2) is 2.74. The summed E-state index contributed by atoms with van der Waals surface area (Å²) in [6, 6.07) is 0. The number of hydrogen-bond acceptors (Lipinski definition) is 3. The van der Waals surface area contributed by atoms with Gasteiger partial charge in [0.15, 0.2) is 11.9 Å². The molecule has 4 nitrogen and oxygen atoms in total. The predicted octanol–water partition coefficient (Wildman–Crippen LogP) is 0.333.